The molecule has 0 aromatic heterocycles. The van der Waals surface area contributed by atoms with Crippen molar-refractivity contribution in [3.8, 4) is 0 Å². The molecule has 1 heterocycles. The van der Waals surface area contributed by atoms with Crippen molar-refractivity contribution in [2.45, 2.75) is 6.42 Å². The number of amides is 1. The molecule has 1 saturated heterocycles. The second-order valence-corrected chi connectivity index (χ2v) is 5.79. The summed E-state index contributed by atoms with van der Waals surface area (Å²) in [5.74, 6) is 0.00861. The molecule has 0 spiro atoms. The predicted octanol–water partition coefficient (Wildman–Crippen LogP) is 2.14. The molecule has 0 saturated carbocycles. The van der Waals surface area contributed by atoms with E-state index in [1.807, 2.05) is 6.07 Å². The van der Waals surface area contributed by atoms with Crippen molar-refractivity contribution >= 4 is 49.1 Å². The van der Waals surface area contributed by atoms with Crippen LogP contribution in [0, 0.1) is 5.92 Å². The van der Waals surface area contributed by atoms with E-state index in [0.29, 0.717) is 24.3 Å². The third kappa shape index (κ3) is 2.48. The van der Waals surface area contributed by atoms with Gasteiger partial charge in [0.25, 0.3) is 0 Å². The number of nitrogens with two attached hydrogens (primary N) is 1. The van der Waals surface area contributed by atoms with Gasteiger partial charge in [-0.2, -0.15) is 0 Å². The van der Waals surface area contributed by atoms with Crippen LogP contribution in [-0.4, -0.2) is 24.2 Å². The molecule has 0 bridgehead atoms. The smallest absolute Gasteiger partial charge is 0.227 e. The summed E-state index contributed by atoms with van der Waals surface area (Å²) in [4.78, 5) is 13.5. The molecule has 17 heavy (non-hydrogen) atoms. The summed E-state index contributed by atoms with van der Waals surface area (Å²) in [5, 5.41) is 9.09. The number of halogens is 2. The first kappa shape index (κ1) is 12.9. The fraction of sp³-hybridized carbons (Fsp3) is 0.364. The van der Waals surface area contributed by atoms with Crippen LogP contribution in [0.15, 0.2) is 21.1 Å². The molecule has 0 aliphatic carbocycles. The maximum atomic E-state index is 11.8. The first-order chi connectivity index (χ1) is 8.02. The molecular weight excluding hydrogens is 352 g/mol. The lowest BCUT2D eigenvalue weighted by atomic mass is 10.1. The number of carbonyl (C=O) groups is 1. The Balaban J connectivity index is 2.35. The predicted molar refractivity (Wildman–Crippen MR) is 73.8 cm³/mol. The lowest BCUT2D eigenvalue weighted by Crippen LogP contribution is -2.25. The van der Waals surface area contributed by atoms with E-state index in [1.165, 1.54) is 0 Å². The summed E-state index contributed by atoms with van der Waals surface area (Å²) in [6, 6.07) is 3.58. The van der Waals surface area contributed by atoms with Gasteiger partial charge in [0.1, 0.15) is 0 Å². The zero-order valence-corrected chi connectivity index (χ0v) is 12.2. The van der Waals surface area contributed by atoms with E-state index >= 15 is 0 Å². The molecule has 1 aromatic carbocycles. The lowest BCUT2D eigenvalue weighted by molar-refractivity contribution is -0.117. The maximum Gasteiger partial charge on any atom is 0.227 e. The number of nitrogens with zero attached hydrogens (tertiary/aromatic N) is 1. The first-order valence-electron chi connectivity index (χ1n) is 5.18. The Morgan fingerprint density at radius 2 is 2.06 bits per heavy atom. The van der Waals surface area contributed by atoms with Crippen molar-refractivity contribution < 1.29 is 9.90 Å². The third-order valence-corrected chi connectivity index (χ3v) is 4.67. The third-order valence-electron chi connectivity index (χ3n) is 2.82. The number of aliphatic hydroxyl groups excluding tert-OH is 1. The summed E-state index contributed by atoms with van der Waals surface area (Å²) in [6.45, 7) is 0.549. The fourth-order valence-electron chi connectivity index (χ4n) is 1.92. The zero-order valence-electron chi connectivity index (χ0n) is 8.99. The van der Waals surface area contributed by atoms with Crippen LogP contribution < -0.4 is 10.6 Å². The van der Waals surface area contributed by atoms with E-state index in [0.717, 1.165) is 8.95 Å². The van der Waals surface area contributed by atoms with Crippen molar-refractivity contribution in [2.24, 2.45) is 5.92 Å². The summed E-state index contributed by atoms with van der Waals surface area (Å²) >= 11 is 6.75. The Labute approximate surface area is 116 Å². The van der Waals surface area contributed by atoms with E-state index in [-0.39, 0.29) is 18.4 Å². The van der Waals surface area contributed by atoms with Gasteiger partial charge in [0, 0.05) is 34.4 Å². The van der Waals surface area contributed by atoms with Crippen LogP contribution in [0.25, 0.3) is 0 Å². The molecule has 1 aliphatic rings. The second-order valence-electron chi connectivity index (χ2n) is 4.08. The lowest BCUT2D eigenvalue weighted by Gasteiger charge is -2.19. The number of aliphatic hydroxyl groups is 1. The van der Waals surface area contributed by atoms with Crippen molar-refractivity contribution in [3.63, 3.8) is 0 Å². The van der Waals surface area contributed by atoms with Gasteiger partial charge in [-0.1, -0.05) is 0 Å². The molecule has 1 unspecified atom stereocenters. The highest BCUT2D eigenvalue weighted by Gasteiger charge is 2.31. The summed E-state index contributed by atoms with van der Waals surface area (Å²) in [7, 11) is 0. The molecule has 1 atom stereocenters. The minimum atomic E-state index is 0.00400. The van der Waals surface area contributed by atoms with Crippen LogP contribution in [-0.2, 0) is 4.79 Å². The Bertz CT molecular complexity index is 465. The largest absolute Gasteiger partial charge is 0.397 e. The van der Waals surface area contributed by atoms with Crippen molar-refractivity contribution in [1.29, 1.82) is 0 Å². The van der Waals surface area contributed by atoms with Gasteiger partial charge in [0.2, 0.25) is 5.91 Å². The molecule has 1 fully saturated rings. The topological polar surface area (TPSA) is 66.6 Å². The standard InChI is InChI=1S/C11H12Br2N2O2/c12-7-2-9(14)10(3-8(7)13)15-4-6(5-16)1-11(15)17/h2-3,6,16H,1,4-5,14H2. The number of hydrogen-bond donors (Lipinski definition) is 2. The van der Waals surface area contributed by atoms with Gasteiger partial charge in [-0.05, 0) is 44.0 Å². The van der Waals surface area contributed by atoms with E-state index in [4.69, 9.17) is 10.8 Å². The second kappa shape index (κ2) is 4.96. The molecule has 0 radical (unpaired) electrons. The first-order valence-corrected chi connectivity index (χ1v) is 6.77. The summed E-state index contributed by atoms with van der Waals surface area (Å²) in [5.41, 5.74) is 7.16. The van der Waals surface area contributed by atoms with Gasteiger partial charge < -0.3 is 15.7 Å². The maximum absolute atomic E-state index is 11.8. The van der Waals surface area contributed by atoms with E-state index in [2.05, 4.69) is 31.9 Å². The average Bonchev–Trinajstić information content (AvgIpc) is 2.65. The van der Waals surface area contributed by atoms with Crippen LogP contribution in [0.1, 0.15) is 6.42 Å². The van der Waals surface area contributed by atoms with Crippen LogP contribution in [0.2, 0.25) is 0 Å². The highest BCUT2D eigenvalue weighted by molar-refractivity contribution is 9.13. The Kier molecular flexibility index (Phi) is 3.75. The summed E-state index contributed by atoms with van der Waals surface area (Å²) in [6.07, 6.45) is 0.379. The molecule has 1 aromatic rings. The van der Waals surface area contributed by atoms with E-state index in [9.17, 15) is 4.79 Å². The quantitative estimate of drug-likeness (QED) is 0.791. The number of benzene rings is 1. The minimum Gasteiger partial charge on any atom is -0.397 e. The van der Waals surface area contributed by atoms with Gasteiger partial charge in [-0.25, -0.2) is 0 Å². The highest BCUT2D eigenvalue weighted by Crippen LogP contribution is 2.36. The van der Waals surface area contributed by atoms with Crippen molar-refractivity contribution in [3.05, 3.63) is 21.1 Å². The molecule has 3 N–H and O–H groups in total. The number of hydrogen-bond acceptors (Lipinski definition) is 3. The Hall–Kier alpha value is -0.590. The van der Waals surface area contributed by atoms with E-state index in [1.54, 1.807) is 11.0 Å². The molecule has 4 nitrogen and oxygen atoms in total. The van der Waals surface area contributed by atoms with Gasteiger partial charge in [0.15, 0.2) is 0 Å². The molecular formula is C11H12Br2N2O2. The number of carbonyl (C=O) groups excluding carboxylic acids is 1. The Morgan fingerprint density at radius 3 is 2.65 bits per heavy atom. The van der Waals surface area contributed by atoms with Gasteiger partial charge in [-0.15, -0.1) is 0 Å². The fourth-order valence-corrected chi connectivity index (χ4v) is 2.61. The number of rotatable bonds is 2. The number of nitrogen functional groups attached to an aromatic ring is 1. The van der Waals surface area contributed by atoms with Crippen LogP contribution in [0.3, 0.4) is 0 Å². The van der Waals surface area contributed by atoms with Gasteiger partial charge >= 0.3 is 0 Å². The molecule has 6 heteroatoms. The normalized spacial score (nSPS) is 20.1. The van der Waals surface area contributed by atoms with Crippen molar-refractivity contribution in [2.75, 3.05) is 23.8 Å². The monoisotopic (exact) mass is 362 g/mol. The average molecular weight is 364 g/mol. The molecule has 92 valence electrons. The number of anilines is 2. The van der Waals surface area contributed by atoms with Gasteiger partial charge in [0.05, 0.1) is 11.4 Å². The SMILES string of the molecule is Nc1cc(Br)c(Br)cc1N1CC(CO)CC1=O. The van der Waals surface area contributed by atoms with Crippen LogP contribution in [0.5, 0.6) is 0 Å². The van der Waals surface area contributed by atoms with Crippen LogP contribution in [0.4, 0.5) is 11.4 Å². The minimum absolute atomic E-state index is 0.00400. The van der Waals surface area contributed by atoms with Gasteiger partial charge in [-0.3, -0.25) is 4.79 Å². The molecule has 1 aliphatic heterocycles. The highest BCUT2D eigenvalue weighted by atomic mass is 79.9. The summed E-state index contributed by atoms with van der Waals surface area (Å²) < 4.78 is 1.70. The molecule has 1 amide bonds. The zero-order chi connectivity index (χ0) is 12.6. The van der Waals surface area contributed by atoms with Crippen molar-refractivity contribution in [1.82, 2.24) is 0 Å². The molecule has 2 rings (SSSR count). The van der Waals surface area contributed by atoms with E-state index < -0.39 is 0 Å². The van der Waals surface area contributed by atoms with Crippen LogP contribution >= 0.6 is 31.9 Å². The Morgan fingerprint density at radius 1 is 1.41 bits per heavy atom.